The highest BCUT2D eigenvalue weighted by atomic mass is 16.5. The van der Waals surface area contributed by atoms with Crippen molar-refractivity contribution in [2.45, 2.75) is 19.4 Å². The molecule has 0 aliphatic carbocycles. The predicted molar refractivity (Wildman–Crippen MR) is 74.8 cm³/mol. The van der Waals surface area contributed by atoms with Crippen molar-refractivity contribution in [1.29, 1.82) is 0 Å². The van der Waals surface area contributed by atoms with Crippen molar-refractivity contribution in [3.8, 4) is 0 Å². The third kappa shape index (κ3) is 3.55. The molecule has 1 fully saturated rings. The van der Waals surface area contributed by atoms with Gasteiger partial charge in [0.25, 0.3) is 5.91 Å². The summed E-state index contributed by atoms with van der Waals surface area (Å²) in [6.45, 7) is 2.96. The molecule has 19 heavy (non-hydrogen) atoms. The Morgan fingerprint density at radius 2 is 1.95 bits per heavy atom. The van der Waals surface area contributed by atoms with Gasteiger partial charge in [0.1, 0.15) is 0 Å². The molecule has 0 bridgehead atoms. The SMILES string of the molecule is COCC1CCN(C(=O)c2ccc(CN)cc2)CC1. The van der Waals surface area contributed by atoms with Crippen molar-refractivity contribution < 1.29 is 9.53 Å². The van der Waals surface area contributed by atoms with E-state index in [9.17, 15) is 4.79 Å². The zero-order valence-electron chi connectivity index (χ0n) is 11.5. The highest BCUT2D eigenvalue weighted by molar-refractivity contribution is 5.94. The van der Waals surface area contributed by atoms with E-state index in [-0.39, 0.29) is 5.91 Å². The Bertz CT molecular complexity index is 409. The molecule has 2 rings (SSSR count). The van der Waals surface area contributed by atoms with E-state index in [1.807, 2.05) is 29.2 Å². The fraction of sp³-hybridized carbons (Fsp3) is 0.533. The van der Waals surface area contributed by atoms with Crippen LogP contribution < -0.4 is 5.73 Å². The van der Waals surface area contributed by atoms with E-state index in [4.69, 9.17) is 10.5 Å². The molecule has 1 heterocycles. The molecule has 4 heteroatoms. The second kappa shape index (κ2) is 6.68. The van der Waals surface area contributed by atoms with Gasteiger partial charge >= 0.3 is 0 Å². The van der Waals surface area contributed by atoms with E-state index in [1.54, 1.807) is 7.11 Å². The van der Waals surface area contributed by atoms with Gasteiger partial charge in [-0.2, -0.15) is 0 Å². The van der Waals surface area contributed by atoms with Gasteiger partial charge in [-0.05, 0) is 36.5 Å². The first-order valence-corrected chi connectivity index (χ1v) is 6.82. The van der Waals surface area contributed by atoms with E-state index in [2.05, 4.69) is 0 Å². The lowest BCUT2D eigenvalue weighted by atomic mass is 9.97. The van der Waals surface area contributed by atoms with Crippen molar-refractivity contribution in [3.05, 3.63) is 35.4 Å². The summed E-state index contributed by atoms with van der Waals surface area (Å²) in [5.41, 5.74) is 7.36. The largest absolute Gasteiger partial charge is 0.384 e. The zero-order chi connectivity index (χ0) is 13.7. The standard InChI is InChI=1S/C15H22N2O2/c1-19-11-13-6-8-17(9-7-13)15(18)14-4-2-12(10-16)3-5-14/h2-5,13H,6-11,16H2,1H3. The predicted octanol–water partition coefficient (Wildman–Crippen LogP) is 1.64. The maximum Gasteiger partial charge on any atom is 0.253 e. The van der Waals surface area contributed by atoms with Crippen molar-refractivity contribution in [2.75, 3.05) is 26.8 Å². The number of nitrogens with zero attached hydrogens (tertiary/aromatic N) is 1. The number of amides is 1. The van der Waals surface area contributed by atoms with Crippen molar-refractivity contribution in [1.82, 2.24) is 4.90 Å². The molecule has 0 aromatic heterocycles. The van der Waals surface area contributed by atoms with Gasteiger partial charge in [0.15, 0.2) is 0 Å². The van der Waals surface area contributed by atoms with Gasteiger partial charge in [-0.25, -0.2) is 0 Å². The Kier molecular flexibility index (Phi) is 4.93. The average Bonchev–Trinajstić information content (AvgIpc) is 2.48. The average molecular weight is 262 g/mol. The summed E-state index contributed by atoms with van der Waals surface area (Å²) in [6.07, 6.45) is 2.06. The third-order valence-electron chi connectivity index (χ3n) is 3.74. The Hall–Kier alpha value is -1.39. The molecule has 0 radical (unpaired) electrons. The molecule has 0 spiro atoms. The molecule has 4 nitrogen and oxygen atoms in total. The minimum atomic E-state index is 0.124. The first-order chi connectivity index (χ1) is 9.24. The van der Waals surface area contributed by atoms with Crippen LogP contribution in [0.2, 0.25) is 0 Å². The van der Waals surface area contributed by atoms with E-state index >= 15 is 0 Å². The first-order valence-electron chi connectivity index (χ1n) is 6.82. The van der Waals surface area contributed by atoms with E-state index in [0.717, 1.165) is 43.7 Å². The number of hydrogen-bond donors (Lipinski definition) is 1. The molecular weight excluding hydrogens is 240 g/mol. The second-order valence-corrected chi connectivity index (χ2v) is 5.09. The van der Waals surface area contributed by atoms with Crippen molar-refractivity contribution in [2.24, 2.45) is 11.7 Å². The summed E-state index contributed by atoms with van der Waals surface area (Å²) >= 11 is 0. The number of carbonyl (C=O) groups excluding carboxylic acids is 1. The number of piperidine rings is 1. The summed E-state index contributed by atoms with van der Waals surface area (Å²) in [7, 11) is 1.73. The lowest BCUT2D eigenvalue weighted by molar-refractivity contribution is 0.0613. The quantitative estimate of drug-likeness (QED) is 0.897. The molecule has 1 aromatic carbocycles. The lowest BCUT2D eigenvalue weighted by Gasteiger charge is -2.31. The Morgan fingerprint density at radius 3 is 2.47 bits per heavy atom. The van der Waals surface area contributed by atoms with E-state index in [0.29, 0.717) is 12.5 Å². The molecule has 1 saturated heterocycles. The first kappa shape index (κ1) is 14.0. The fourth-order valence-corrected chi connectivity index (χ4v) is 2.50. The minimum absolute atomic E-state index is 0.124. The number of nitrogens with two attached hydrogens (primary N) is 1. The number of hydrogen-bond acceptors (Lipinski definition) is 3. The highest BCUT2D eigenvalue weighted by Crippen LogP contribution is 2.19. The number of ether oxygens (including phenoxy) is 1. The Balaban J connectivity index is 1.93. The summed E-state index contributed by atoms with van der Waals surface area (Å²) in [6, 6.07) is 7.58. The van der Waals surface area contributed by atoms with Crippen LogP contribution in [0, 0.1) is 5.92 Å². The second-order valence-electron chi connectivity index (χ2n) is 5.09. The molecule has 1 aliphatic rings. The third-order valence-corrected chi connectivity index (χ3v) is 3.74. The van der Waals surface area contributed by atoms with Crippen LogP contribution in [0.1, 0.15) is 28.8 Å². The van der Waals surface area contributed by atoms with Crippen LogP contribution in [0.3, 0.4) is 0 Å². The molecule has 0 saturated carbocycles. The summed E-state index contributed by atoms with van der Waals surface area (Å²) in [5, 5.41) is 0. The Labute approximate surface area is 114 Å². The Morgan fingerprint density at radius 1 is 1.32 bits per heavy atom. The summed E-state index contributed by atoms with van der Waals surface area (Å²) in [5.74, 6) is 0.716. The van der Waals surface area contributed by atoms with E-state index < -0.39 is 0 Å². The summed E-state index contributed by atoms with van der Waals surface area (Å²) < 4.78 is 5.17. The van der Waals surface area contributed by atoms with Gasteiger partial charge in [0.2, 0.25) is 0 Å². The van der Waals surface area contributed by atoms with Crippen LogP contribution in [-0.2, 0) is 11.3 Å². The molecular formula is C15H22N2O2. The number of carbonyl (C=O) groups is 1. The van der Waals surface area contributed by atoms with Gasteiger partial charge in [-0.1, -0.05) is 12.1 Å². The fourth-order valence-electron chi connectivity index (χ4n) is 2.50. The normalized spacial score (nSPS) is 16.6. The van der Waals surface area contributed by atoms with Crippen molar-refractivity contribution >= 4 is 5.91 Å². The molecule has 1 aromatic rings. The highest BCUT2D eigenvalue weighted by Gasteiger charge is 2.23. The van der Waals surface area contributed by atoms with Crippen LogP contribution in [0.5, 0.6) is 0 Å². The van der Waals surface area contributed by atoms with Gasteiger partial charge in [0, 0.05) is 38.9 Å². The van der Waals surface area contributed by atoms with Gasteiger partial charge in [-0.15, -0.1) is 0 Å². The van der Waals surface area contributed by atoms with Crippen LogP contribution in [0.4, 0.5) is 0 Å². The lowest BCUT2D eigenvalue weighted by Crippen LogP contribution is -2.39. The monoisotopic (exact) mass is 262 g/mol. The molecule has 2 N–H and O–H groups in total. The van der Waals surface area contributed by atoms with Gasteiger partial charge in [0.05, 0.1) is 0 Å². The molecule has 104 valence electrons. The van der Waals surface area contributed by atoms with Crippen LogP contribution in [0.25, 0.3) is 0 Å². The molecule has 1 aliphatic heterocycles. The van der Waals surface area contributed by atoms with Crippen LogP contribution in [-0.4, -0.2) is 37.6 Å². The van der Waals surface area contributed by atoms with Gasteiger partial charge < -0.3 is 15.4 Å². The molecule has 0 unspecified atom stereocenters. The minimum Gasteiger partial charge on any atom is -0.384 e. The summed E-state index contributed by atoms with van der Waals surface area (Å²) in [4.78, 5) is 14.3. The van der Waals surface area contributed by atoms with Crippen LogP contribution >= 0.6 is 0 Å². The number of methoxy groups -OCH3 is 1. The maximum atomic E-state index is 12.3. The zero-order valence-corrected chi connectivity index (χ0v) is 11.5. The maximum absolute atomic E-state index is 12.3. The number of benzene rings is 1. The topological polar surface area (TPSA) is 55.6 Å². The number of likely N-dealkylation sites (tertiary alicyclic amines) is 1. The van der Waals surface area contributed by atoms with E-state index in [1.165, 1.54) is 0 Å². The van der Waals surface area contributed by atoms with Crippen molar-refractivity contribution in [3.63, 3.8) is 0 Å². The van der Waals surface area contributed by atoms with Crippen LogP contribution in [0.15, 0.2) is 24.3 Å². The smallest absolute Gasteiger partial charge is 0.253 e. The number of rotatable bonds is 4. The molecule has 0 atom stereocenters. The van der Waals surface area contributed by atoms with Gasteiger partial charge in [-0.3, -0.25) is 4.79 Å². The molecule has 1 amide bonds.